The Morgan fingerprint density at radius 3 is 2.66 bits per heavy atom. The van der Waals surface area contributed by atoms with E-state index in [1.807, 2.05) is 17.0 Å². The fourth-order valence-corrected chi connectivity index (χ4v) is 5.14. The molecule has 4 rings (SSSR count). The highest BCUT2D eigenvalue weighted by Gasteiger charge is 2.45. The van der Waals surface area contributed by atoms with E-state index in [0.29, 0.717) is 30.3 Å². The van der Waals surface area contributed by atoms with Crippen molar-refractivity contribution in [2.75, 3.05) is 38.6 Å². The second kappa shape index (κ2) is 8.61. The van der Waals surface area contributed by atoms with Gasteiger partial charge in [0.05, 0.1) is 12.8 Å². The fourth-order valence-electron chi connectivity index (χ4n) is 5.14. The average Bonchev–Trinajstić information content (AvgIpc) is 3.22. The zero-order valence-corrected chi connectivity index (χ0v) is 17.3. The van der Waals surface area contributed by atoms with Crippen LogP contribution in [0.3, 0.4) is 0 Å². The number of carbonyl (C=O) groups excluding carboxylic acids is 2. The van der Waals surface area contributed by atoms with Gasteiger partial charge in [-0.25, -0.2) is 4.79 Å². The van der Waals surface area contributed by atoms with Crippen LogP contribution in [0.5, 0.6) is 5.75 Å². The molecule has 0 radical (unpaired) electrons. The molecule has 29 heavy (non-hydrogen) atoms. The van der Waals surface area contributed by atoms with Crippen molar-refractivity contribution in [3.63, 3.8) is 0 Å². The van der Waals surface area contributed by atoms with Crippen LogP contribution in [0.4, 0.5) is 10.5 Å². The van der Waals surface area contributed by atoms with Crippen molar-refractivity contribution < 1.29 is 14.3 Å². The summed E-state index contributed by atoms with van der Waals surface area (Å²) in [5.41, 5.74) is -0.198. The Kier molecular flexibility index (Phi) is 5.94. The second-order valence-corrected chi connectivity index (χ2v) is 8.51. The molecule has 3 aliphatic rings. The van der Waals surface area contributed by atoms with E-state index in [-0.39, 0.29) is 11.9 Å². The normalized spacial score (nSPS) is 23.9. The van der Waals surface area contributed by atoms with Gasteiger partial charge in [-0.1, -0.05) is 31.4 Å². The van der Waals surface area contributed by atoms with Gasteiger partial charge in [-0.05, 0) is 44.4 Å². The summed E-state index contributed by atoms with van der Waals surface area (Å²) in [4.78, 5) is 31.0. The maximum atomic E-state index is 13.6. The van der Waals surface area contributed by atoms with Crippen LogP contribution in [-0.4, -0.2) is 66.6 Å². The lowest BCUT2D eigenvalue weighted by molar-refractivity contribution is -0.142. The molecule has 2 heterocycles. The minimum Gasteiger partial charge on any atom is -0.495 e. The van der Waals surface area contributed by atoms with Crippen LogP contribution in [0.1, 0.15) is 44.9 Å². The summed E-state index contributed by atoms with van der Waals surface area (Å²) >= 11 is 0. The maximum Gasteiger partial charge on any atom is 0.320 e. The second-order valence-electron chi connectivity index (χ2n) is 8.51. The first-order chi connectivity index (χ1) is 14.1. The number of anilines is 1. The lowest BCUT2D eigenvalue weighted by Gasteiger charge is -2.44. The van der Waals surface area contributed by atoms with E-state index in [2.05, 4.69) is 15.5 Å². The number of ether oxygens (including phenoxy) is 1. The highest BCUT2D eigenvalue weighted by atomic mass is 16.5. The van der Waals surface area contributed by atoms with Gasteiger partial charge in [0.25, 0.3) is 0 Å². The van der Waals surface area contributed by atoms with E-state index in [1.54, 1.807) is 19.2 Å². The topological polar surface area (TPSA) is 73.9 Å². The zero-order chi connectivity index (χ0) is 20.3. The largest absolute Gasteiger partial charge is 0.495 e. The summed E-state index contributed by atoms with van der Waals surface area (Å²) < 4.78 is 5.32. The molecule has 7 heteroatoms. The van der Waals surface area contributed by atoms with E-state index < -0.39 is 5.54 Å². The number of urea groups is 1. The number of piperazine rings is 1. The van der Waals surface area contributed by atoms with E-state index in [9.17, 15) is 9.59 Å². The molecule has 3 fully saturated rings. The molecule has 3 amide bonds. The Hall–Kier alpha value is -2.28. The summed E-state index contributed by atoms with van der Waals surface area (Å²) in [6.07, 6.45) is 6.83. The number of hydrogen-bond acceptors (Lipinski definition) is 4. The quantitative estimate of drug-likeness (QED) is 0.815. The van der Waals surface area contributed by atoms with Gasteiger partial charge < -0.3 is 20.3 Å². The molecule has 1 aromatic carbocycles. The number of nitrogens with zero attached hydrogens (tertiary/aromatic N) is 2. The molecule has 2 N–H and O–H groups in total. The van der Waals surface area contributed by atoms with Gasteiger partial charge in [0.15, 0.2) is 0 Å². The third-order valence-electron chi connectivity index (χ3n) is 6.70. The average molecular weight is 401 g/mol. The van der Waals surface area contributed by atoms with Crippen LogP contribution in [0.25, 0.3) is 0 Å². The van der Waals surface area contributed by atoms with Gasteiger partial charge in [-0.2, -0.15) is 0 Å². The monoisotopic (exact) mass is 400 g/mol. The molecule has 0 unspecified atom stereocenters. The number of methoxy groups -OCH3 is 1. The van der Waals surface area contributed by atoms with Crippen molar-refractivity contribution in [2.24, 2.45) is 0 Å². The number of rotatable bonds is 4. The Morgan fingerprint density at radius 2 is 1.86 bits per heavy atom. The van der Waals surface area contributed by atoms with Gasteiger partial charge in [0.2, 0.25) is 5.91 Å². The van der Waals surface area contributed by atoms with Gasteiger partial charge >= 0.3 is 6.03 Å². The maximum absolute atomic E-state index is 13.6. The fraction of sp³-hybridized carbons (Fsp3) is 0.636. The molecular weight excluding hydrogens is 368 g/mol. The molecule has 1 aromatic rings. The van der Waals surface area contributed by atoms with Crippen molar-refractivity contribution in [2.45, 2.75) is 56.5 Å². The molecule has 7 nitrogen and oxygen atoms in total. The van der Waals surface area contributed by atoms with Gasteiger partial charge in [0, 0.05) is 25.7 Å². The summed E-state index contributed by atoms with van der Waals surface area (Å²) in [6.45, 7) is 3.64. The highest BCUT2D eigenvalue weighted by molar-refractivity contribution is 5.97. The number of fused-ring (bicyclic) bond motifs is 1. The van der Waals surface area contributed by atoms with E-state index in [4.69, 9.17) is 4.74 Å². The first kappa shape index (κ1) is 20.0. The van der Waals surface area contributed by atoms with Gasteiger partial charge in [-0.15, -0.1) is 0 Å². The molecule has 2 aliphatic heterocycles. The zero-order valence-electron chi connectivity index (χ0n) is 17.3. The Bertz CT molecular complexity index is 747. The van der Waals surface area contributed by atoms with Crippen LogP contribution in [0, 0.1) is 0 Å². The summed E-state index contributed by atoms with van der Waals surface area (Å²) in [6, 6.07) is 7.45. The van der Waals surface area contributed by atoms with Crippen molar-refractivity contribution in [1.29, 1.82) is 0 Å². The molecule has 0 spiro atoms. The van der Waals surface area contributed by atoms with Crippen molar-refractivity contribution in [1.82, 2.24) is 15.1 Å². The van der Waals surface area contributed by atoms with Crippen molar-refractivity contribution in [3.05, 3.63) is 24.3 Å². The lowest BCUT2D eigenvalue weighted by atomic mass is 9.80. The first-order valence-corrected chi connectivity index (χ1v) is 10.9. The number of para-hydroxylation sites is 2. The number of carbonyl (C=O) groups is 2. The molecule has 2 saturated heterocycles. The molecule has 0 bridgehead atoms. The van der Waals surface area contributed by atoms with Crippen LogP contribution >= 0.6 is 0 Å². The SMILES string of the molecule is COc1ccccc1NC(=O)NC1(C(=O)N2CCN3CCC[C@@H]3C2)CCCCC1. The molecule has 0 aromatic heterocycles. The summed E-state index contributed by atoms with van der Waals surface area (Å²) in [5, 5.41) is 5.95. The third-order valence-corrected chi connectivity index (χ3v) is 6.70. The van der Waals surface area contributed by atoms with Crippen molar-refractivity contribution in [3.8, 4) is 5.75 Å². The number of amides is 3. The van der Waals surface area contributed by atoms with E-state index in [1.165, 1.54) is 12.8 Å². The van der Waals surface area contributed by atoms with E-state index in [0.717, 1.165) is 45.4 Å². The van der Waals surface area contributed by atoms with Gasteiger partial charge in [0.1, 0.15) is 11.3 Å². The lowest BCUT2D eigenvalue weighted by Crippen LogP contribution is -2.64. The van der Waals surface area contributed by atoms with Crippen LogP contribution < -0.4 is 15.4 Å². The predicted molar refractivity (Wildman–Crippen MR) is 112 cm³/mol. The predicted octanol–water partition coefficient (Wildman–Crippen LogP) is 2.83. The molecule has 1 saturated carbocycles. The molecule has 1 aliphatic carbocycles. The van der Waals surface area contributed by atoms with Gasteiger partial charge in [-0.3, -0.25) is 9.69 Å². The Balaban J connectivity index is 1.47. The van der Waals surface area contributed by atoms with Crippen LogP contribution in [0.2, 0.25) is 0 Å². The molecule has 1 atom stereocenters. The number of nitrogens with one attached hydrogen (secondary N) is 2. The number of hydrogen-bond donors (Lipinski definition) is 2. The Morgan fingerprint density at radius 1 is 1.07 bits per heavy atom. The molecular formula is C22H32N4O3. The van der Waals surface area contributed by atoms with Crippen LogP contribution in [0.15, 0.2) is 24.3 Å². The highest BCUT2D eigenvalue weighted by Crippen LogP contribution is 2.32. The summed E-state index contributed by atoms with van der Waals surface area (Å²) in [7, 11) is 1.58. The minimum absolute atomic E-state index is 0.0962. The Labute approximate surface area is 172 Å². The minimum atomic E-state index is -0.800. The van der Waals surface area contributed by atoms with Crippen LogP contribution in [-0.2, 0) is 4.79 Å². The third kappa shape index (κ3) is 4.20. The first-order valence-electron chi connectivity index (χ1n) is 10.9. The summed E-state index contributed by atoms with van der Waals surface area (Å²) in [5.74, 6) is 0.697. The van der Waals surface area contributed by atoms with Crippen molar-refractivity contribution >= 4 is 17.6 Å². The number of benzene rings is 1. The smallest absolute Gasteiger partial charge is 0.320 e. The standard InChI is InChI=1S/C22H32N4O3/c1-29-19-10-4-3-9-18(19)23-21(28)24-22(11-5-2-6-12-22)20(27)26-15-14-25-13-7-8-17(25)16-26/h3-4,9-10,17H,2,5-8,11-16H2,1H3,(H2,23,24,28)/t17-/m1/s1. The van der Waals surface area contributed by atoms with E-state index >= 15 is 0 Å². The molecule has 158 valence electrons.